The molecule has 1 amide bonds. The molecule has 0 aromatic heterocycles. The normalized spacial score (nSPS) is 26.8. The van der Waals surface area contributed by atoms with Gasteiger partial charge in [-0.15, -0.1) is 0 Å². The van der Waals surface area contributed by atoms with Crippen LogP contribution in [0.5, 0.6) is 0 Å². The molecule has 3 heteroatoms. The molecule has 1 fully saturated rings. The van der Waals surface area contributed by atoms with Crippen LogP contribution in [0, 0.1) is 11.8 Å². The molecule has 0 spiro atoms. The van der Waals surface area contributed by atoms with Crippen molar-refractivity contribution in [2.45, 2.75) is 78.7 Å². The van der Waals surface area contributed by atoms with Gasteiger partial charge in [0.2, 0.25) is 0 Å². The molecule has 0 aromatic rings. The van der Waals surface area contributed by atoms with E-state index in [0.717, 1.165) is 37.8 Å². The van der Waals surface area contributed by atoms with Crippen molar-refractivity contribution in [1.29, 1.82) is 0 Å². The molecule has 2 atom stereocenters. The summed E-state index contributed by atoms with van der Waals surface area (Å²) in [4.78, 5) is 14.1. The predicted molar refractivity (Wildman–Crippen MR) is 83.8 cm³/mol. The van der Waals surface area contributed by atoms with Crippen molar-refractivity contribution in [1.82, 2.24) is 4.90 Å². The summed E-state index contributed by atoms with van der Waals surface area (Å²) in [5.74, 6) is 1.62. The molecule has 0 aliphatic carbocycles. The van der Waals surface area contributed by atoms with Crippen LogP contribution in [0.25, 0.3) is 0 Å². The second-order valence-electron chi connectivity index (χ2n) is 7.41. The maximum absolute atomic E-state index is 12.2. The molecule has 1 rings (SSSR count). The van der Waals surface area contributed by atoms with Gasteiger partial charge in [-0.05, 0) is 45.4 Å². The standard InChI is InChI=1S/C17H33NO2/c1-14-10-6-8-12-18(13-9-7-11-15(14)2)16(19)20-17(3,4)5/h14-15H,6-13H2,1-5H3. The van der Waals surface area contributed by atoms with Gasteiger partial charge in [-0.25, -0.2) is 4.79 Å². The number of carbonyl (C=O) groups is 1. The SMILES string of the molecule is CC1CCCCN(C(=O)OC(C)(C)C)CCCCC1C. The van der Waals surface area contributed by atoms with Gasteiger partial charge in [-0.1, -0.05) is 39.5 Å². The van der Waals surface area contributed by atoms with E-state index < -0.39 is 5.60 Å². The van der Waals surface area contributed by atoms with Gasteiger partial charge in [0.15, 0.2) is 0 Å². The number of ether oxygens (including phenoxy) is 1. The van der Waals surface area contributed by atoms with Gasteiger partial charge < -0.3 is 9.64 Å². The maximum atomic E-state index is 12.2. The highest BCUT2D eigenvalue weighted by Crippen LogP contribution is 2.24. The Morgan fingerprint density at radius 1 is 0.950 bits per heavy atom. The van der Waals surface area contributed by atoms with Crippen molar-refractivity contribution in [3.05, 3.63) is 0 Å². The molecule has 0 saturated carbocycles. The molecule has 20 heavy (non-hydrogen) atoms. The van der Waals surface area contributed by atoms with E-state index in [1.165, 1.54) is 25.7 Å². The van der Waals surface area contributed by atoms with Gasteiger partial charge in [-0.3, -0.25) is 0 Å². The summed E-state index contributed by atoms with van der Waals surface area (Å²) in [5.41, 5.74) is -0.397. The molecule has 1 aliphatic rings. The Balaban J connectivity index is 2.53. The van der Waals surface area contributed by atoms with Crippen LogP contribution in [0.3, 0.4) is 0 Å². The summed E-state index contributed by atoms with van der Waals surface area (Å²) in [6.45, 7) is 12.2. The largest absolute Gasteiger partial charge is 0.444 e. The lowest BCUT2D eigenvalue weighted by Crippen LogP contribution is -2.38. The van der Waals surface area contributed by atoms with E-state index in [4.69, 9.17) is 4.74 Å². The van der Waals surface area contributed by atoms with Crippen LogP contribution in [0.15, 0.2) is 0 Å². The third-order valence-electron chi connectivity index (χ3n) is 4.30. The van der Waals surface area contributed by atoms with Gasteiger partial charge >= 0.3 is 6.09 Å². The quantitative estimate of drug-likeness (QED) is 0.636. The van der Waals surface area contributed by atoms with Gasteiger partial charge in [0, 0.05) is 13.1 Å². The zero-order valence-electron chi connectivity index (χ0n) is 14.1. The van der Waals surface area contributed by atoms with Crippen molar-refractivity contribution in [2.75, 3.05) is 13.1 Å². The van der Waals surface area contributed by atoms with Crippen molar-refractivity contribution in [2.24, 2.45) is 11.8 Å². The van der Waals surface area contributed by atoms with E-state index in [1.807, 2.05) is 25.7 Å². The Labute approximate surface area is 125 Å². The first-order valence-electron chi connectivity index (χ1n) is 8.27. The highest BCUT2D eigenvalue weighted by atomic mass is 16.6. The van der Waals surface area contributed by atoms with E-state index in [2.05, 4.69) is 13.8 Å². The highest BCUT2D eigenvalue weighted by molar-refractivity contribution is 5.68. The van der Waals surface area contributed by atoms with E-state index in [1.54, 1.807) is 0 Å². The molecule has 1 saturated heterocycles. The molecule has 0 N–H and O–H groups in total. The first kappa shape index (κ1) is 17.3. The van der Waals surface area contributed by atoms with Crippen LogP contribution in [0.2, 0.25) is 0 Å². The lowest BCUT2D eigenvalue weighted by Gasteiger charge is -2.27. The topological polar surface area (TPSA) is 29.5 Å². The Morgan fingerprint density at radius 3 is 1.80 bits per heavy atom. The van der Waals surface area contributed by atoms with E-state index in [0.29, 0.717) is 0 Å². The average Bonchev–Trinajstić information content (AvgIpc) is 2.36. The Morgan fingerprint density at radius 2 is 1.40 bits per heavy atom. The second-order valence-corrected chi connectivity index (χ2v) is 7.41. The molecule has 2 unspecified atom stereocenters. The molecule has 1 aliphatic heterocycles. The minimum atomic E-state index is -0.397. The number of rotatable bonds is 0. The Hall–Kier alpha value is -0.730. The van der Waals surface area contributed by atoms with Crippen molar-refractivity contribution < 1.29 is 9.53 Å². The second kappa shape index (κ2) is 7.90. The summed E-state index contributed by atoms with van der Waals surface area (Å²) < 4.78 is 5.51. The minimum absolute atomic E-state index is 0.141. The van der Waals surface area contributed by atoms with Crippen LogP contribution in [0.1, 0.15) is 73.1 Å². The van der Waals surface area contributed by atoms with Crippen molar-refractivity contribution in [3.63, 3.8) is 0 Å². The van der Waals surface area contributed by atoms with Crippen LogP contribution in [-0.2, 0) is 4.74 Å². The van der Waals surface area contributed by atoms with Crippen LogP contribution < -0.4 is 0 Å². The minimum Gasteiger partial charge on any atom is -0.444 e. The maximum Gasteiger partial charge on any atom is 0.410 e. The van der Waals surface area contributed by atoms with Crippen LogP contribution in [0.4, 0.5) is 4.79 Å². The average molecular weight is 283 g/mol. The molecule has 0 radical (unpaired) electrons. The summed E-state index contributed by atoms with van der Waals surface area (Å²) >= 11 is 0. The zero-order chi connectivity index (χ0) is 15.2. The smallest absolute Gasteiger partial charge is 0.410 e. The van der Waals surface area contributed by atoms with Crippen molar-refractivity contribution in [3.8, 4) is 0 Å². The zero-order valence-corrected chi connectivity index (χ0v) is 14.1. The molecular formula is C17H33NO2. The number of nitrogens with zero attached hydrogens (tertiary/aromatic N) is 1. The fourth-order valence-corrected chi connectivity index (χ4v) is 2.73. The number of amides is 1. The molecule has 1 heterocycles. The number of hydrogen-bond acceptors (Lipinski definition) is 2. The Bertz CT molecular complexity index is 280. The van der Waals surface area contributed by atoms with Gasteiger partial charge in [0.1, 0.15) is 5.60 Å². The van der Waals surface area contributed by atoms with Crippen molar-refractivity contribution >= 4 is 6.09 Å². The summed E-state index contributed by atoms with van der Waals surface area (Å²) in [7, 11) is 0. The molecule has 0 bridgehead atoms. The number of carbonyl (C=O) groups excluding carboxylic acids is 1. The van der Waals surface area contributed by atoms with Gasteiger partial charge in [-0.2, -0.15) is 0 Å². The van der Waals surface area contributed by atoms with Crippen LogP contribution >= 0.6 is 0 Å². The molecule has 0 aromatic carbocycles. The summed E-state index contributed by atoms with van der Waals surface area (Å²) in [6, 6.07) is 0. The first-order valence-corrected chi connectivity index (χ1v) is 8.27. The predicted octanol–water partition coefficient (Wildman–Crippen LogP) is 4.85. The van der Waals surface area contributed by atoms with E-state index >= 15 is 0 Å². The van der Waals surface area contributed by atoms with Gasteiger partial charge in [0.05, 0.1) is 0 Å². The lowest BCUT2D eigenvalue weighted by atomic mass is 9.87. The molecule has 118 valence electrons. The van der Waals surface area contributed by atoms with Crippen LogP contribution in [-0.4, -0.2) is 29.7 Å². The van der Waals surface area contributed by atoms with E-state index in [9.17, 15) is 4.79 Å². The molecular weight excluding hydrogens is 250 g/mol. The third-order valence-corrected chi connectivity index (χ3v) is 4.30. The van der Waals surface area contributed by atoms with Gasteiger partial charge in [0.25, 0.3) is 0 Å². The number of hydrogen-bond donors (Lipinski definition) is 0. The first-order chi connectivity index (χ1) is 9.29. The summed E-state index contributed by atoms with van der Waals surface area (Å²) in [5, 5.41) is 0. The summed E-state index contributed by atoms with van der Waals surface area (Å²) in [6.07, 6.45) is 7.03. The monoisotopic (exact) mass is 283 g/mol. The highest BCUT2D eigenvalue weighted by Gasteiger charge is 2.22. The fourth-order valence-electron chi connectivity index (χ4n) is 2.73. The third kappa shape index (κ3) is 6.62. The molecule has 3 nitrogen and oxygen atoms in total. The Kier molecular flexibility index (Phi) is 6.84. The lowest BCUT2D eigenvalue weighted by molar-refractivity contribution is 0.0244. The fraction of sp³-hybridized carbons (Fsp3) is 0.941. The van der Waals surface area contributed by atoms with E-state index in [-0.39, 0.29) is 6.09 Å².